The fourth-order valence-corrected chi connectivity index (χ4v) is 1.87. The molecule has 0 saturated carbocycles. The zero-order valence-electron chi connectivity index (χ0n) is 11.3. The van der Waals surface area contributed by atoms with Gasteiger partial charge in [0.05, 0.1) is 11.9 Å². The molecule has 2 aromatic rings. The van der Waals surface area contributed by atoms with Crippen LogP contribution in [0.5, 0.6) is 0 Å². The molecule has 0 unspecified atom stereocenters. The molecule has 0 radical (unpaired) electrons. The van der Waals surface area contributed by atoms with Crippen molar-refractivity contribution in [3.05, 3.63) is 41.5 Å². The Morgan fingerprint density at radius 3 is 2.78 bits per heavy atom. The molecular formula is C14H20N4. The van der Waals surface area contributed by atoms with Crippen molar-refractivity contribution in [1.29, 1.82) is 0 Å². The quantitative estimate of drug-likeness (QED) is 0.821. The van der Waals surface area contributed by atoms with E-state index in [9.17, 15) is 0 Å². The van der Waals surface area contributed by atoms with Gasteiger partial charge in [-0.1, -0.05) is 6.92 Å². The predicted octanol–water partition coefficient (Wildman–Crippen LogP) is 2.38. The number of nitrogens with zero attached hydrogens (tertiary/aromatic N) is 3. The first-order valence-corrected chi connectivity index (χ1v) is 6.38. The van der Waals surface area contributed by atoms with Gasteiger partial charge in [0.2, 0.25) is 0 Å². The van der Waals surface area contributed by atoms with E-state index in [1.165, 1.54) is 5.56 Å². The lowest BCUT2D eigenvalue weighted by molar-refractivity contribution is 0.668. The van der Waals surface area contributed by atoms with Crippen molar-refractivity contribution in [2.45, 2.75) is 33.7 Å². The van der Waals surface area contributed by atoms with Crippen LogP contribution in [0.3, 0.4) is 0 Å². The molecular weight excluding hydrogens is 224 g/mol. The lowest BCUT2D eigenvalue weighted by Gasteiger charge is -2.10. The number of nitrogens with one attached hydrogen (secondary N) is 1. The molecule has 0 fully saturated rings. The van der Waals surface area contributed by atoms with Gasteiger partial charge in [-0.3, -0.25) is 4.98 Å². The van der Waals surface area contributed by atoms with Gasteiger partial charge in [-0.25, -0.2) is 4.68 Å². The summed E-state index contributed by atoms with van der Waals surface area (Å²) in [7, 11) is 0. The van der Waals surface area contributed by atoms with E-state index in [-0.39, 0.29) is 0 Å². The topological polar surface area (TPSA) is 42.7 Å². The summed E-state index contributed by atoms with van der Waals surface area (Å²) in [4.78, 5) is 4.37. The Labute approximate surface area is 108 Å². The second kappa shape index (κ2) is 5.78. The molecule has 0 bridgehead atoms. The van der Waals surface area contributed by atoms with Crippen LogP contribution in [0.2, 0.25) is 0 Å². The maximum Gasteiger partial charge on any atom is 0.0724 e. The van der Waals surface area contributed by atoms with Gasteiger partial charge in [-0.2, -0.15) is 5.10 Å². The molecule has 1 N–H and O–H groups in total. The standard InChI is InChI=1S/C14H20N4/c1-4-5-15-8-13-9-16-12(3)6-14(13)18-10-11(2)7-17-18/h6-7,9-10,15H,4-5,8H2,1-3H3. The van der Waals surface area contributed by atoms with Gasteiger partial charge < -0.3 is 5.32 Å². The first-order chi connectivity index (χ1) is 8.70. The van der Waals surface area contributed by atoms with Crippen LogP contribution in [0.15, 0.2) is 24.7 Å². The molecule has 0 aromatic carbocycles. The number of hydrogen-bond acceptors (Lipinski definition) is 3. The second-order valence-corrected chi connectivity index (χ2v) is 4.59. The highest BCUT2D eigenvalue weighted by Gasteiger charge is 2.06. The van der Waals surface area contributed by atoms with E-state index in [1.54, 1.807) is 0 Å². The highest BCUT2D eigenvalue weighted by atomic mass is 15.3. The van der Waals surface area contributed by atoms with Crippen molar-refractivity contribution in [2.75, 3.05) is 6.54 Å². The summed E-state index contributed by atoms with van der Waals surface area (Å²) in [5, 5.41) is 7.78. The van der Waals surface area contributed by atoms with Gasteiger partial charge in [0.1, 0.15) is 0 Å². The molecule has 4 heteroatoms. The number of aryl methyl sites for hydroxylation is 2. The molecule has 2 rings (SSSR count). The second-order valence-electron chi connectivity index (χ2n) is 4.59. The fraction of sp³-hybridized carbons (Fsp3) is 0.429. The van der Waals surface area contributed by atoms with E-state index in [4.69, 9.17) is 0 Å². The Morgan fingerprint density at radius 2 is 2.11 bits per heavy atom. The van der Waals surface area contributed by atoms with Crippen molar-refractivity contribution < 1.29 is 0 Å². The van der Waals surface area contributed by atoms with Crippen molar-refractivity contribution >= 4 is 0 Å². The molecule has 0 saturated heterocycles. The minimum Gasteiger partial charge on any atom is -0.313 e. The third-order valence-electron chi connectivity index (χ3n) is 2.80. The van der Waals surface area contributed by atoms with Gasteiger partial charge in [0.15, 0.2) is 0 Å². The van der Waals surface area contributed by atoms with E-state index >= 15 is 0 Å². The van der Waals surface area contributed by atoms with E-state index < -0.39 is 0 Å². The predicted molar refractivity (Wildman–Crippen MR) is 72.8 cm³/mol. The van der Waals surface area contributed by atoms with Crippen molar-refractivity contribution in [3.63, 3.8) is 0 Å². The van der Waals surface area contributed by atoms with E-state index in [0.29, 0.717) is 0 Å². The van der Waals surface area contributed by atoms with Crippen LogP contribution in [-0.2, 0) is 6.54 Å². The number of hydrogen-bond donors (Lipinski definition) is 1. The lowest BCUT2D eigenvalue weighted by Crippen LogP contribution is -2.16. The summed E-state index contributed by atoms with van der Waals surface area (Å²) in [6.07, 6.45) is 6.98. The van der Waals surface area contributed by atoms with Crippen LogP contribution in [-0.4, -0.2) is 21.3 Å². The molecule has 0 aliphatic rings. The monoisotopic (exact) mass is 244 g/mol. The first-order valence-electron chi connectivity index (χ1n) is 6.38. The molecule has 96 valence electrons. The van der Waals surface area contributed by atoms with Gasteiger partial charge in [0, 0.05) is 30.2 Å². The van der Waals surface area contributed by atoms with Crippen molar-refractivity contribution in [2.24, 2.45) is 0 Å². The lowest BCUT2D eigenvalue weighted by atomic mass is 10.2. The van der Waals surface area contributed by atoms with E-state index in [2.05, 4.69) is 28.4 Å². The van der Waals surface area contributed by atoms with Crippen LogP contribution in [0, 0.1) is 13.8 Å². The zero-order valence-corrected chi connectivity index (χ0v) is 11.3. The zero-order chi connectivity index (χ0) is 13.0. The van der Waals surface area contributed by atoms with Crippen LogP contribution < -0.4 is 5.32 Å². The third kappa shape index (κ3) is 2.96. The van der Waals surface area contributed by atoms with Crippen molar-refractivity contribution in [1.82, 2.24) is 20.1 Å². The molecule has 2 aromatic heterocycles. The van der Waals surface area contributed by atoms with Crippen LogP contribution in [0.25, 0.3) is 5.69 Å². The Morgan fingerprint density at radius 1 is 1.28 bits per heavy atom. The summed E-state index contributed by atoms with van der Waals surface area (Å²) < 4.78 is 1.92. The molecule has 0 atom stereocenters. The average molecular weight is 244 g/mol. The summed E-state index contributed by atoms with van der Waals surface area (Å²) >= 11 is 0. The summed E-state index contributed by atoms with van der Waals surface area (Å²) in [5.74, 6) is 0. The Balaban J connectivity index is 2.29. The molecule has 18 heavy (non-hydrogen) atoms. The summed E-state index contributed by atoms with van der Waals surface area (Å²) in [6, 6.07) is 2.08. The number of rotatable bonds is 5. The Bertz CT molecular complexity index is 516. The maximum atomic E-state index is 4.38. The van der Waals surface area contributed by atoms with Crippen molar-refractivity contribution in [3.8, 4) is 5.69 Å². The molecule has 0 aliphatic heterocycles. The molecule has 0 spiro atoms. The van der Waals surface area contributed by atoms with Gasteiger partial charge >= 0.3 is 0 Å². The van der Waals surface area contributed by atoms with Crippen LogP contribution in [0.4, 0.5) is 0 Å². The van der Waals surface area contributed by atoms with Gasteiger partial charge in [-0.15, -0.1) is 0 Å². The van der Waals surface area contributed by atoms with E-state index in [1.807, 2.05) is 37.1 Å². The van der Waals surface area contributed by atoms with E-state index in [0.717, 1.165) is 36.5 Å². The Kier molecular flexibility index (Phi) is 4.10. The molecule has 2 heterocycles. The largest absolute Gasteiger partial charge is 0.313 e. The van der Waals surface area contributed by atoms with Crippen LogP contribution >= 0.6 is 0 Å². The third-order valence-corrected chi connectivity index (χ3v) is 2.80. The van der Waals surface area contributed by atoms with Gasteiger partial charge in [-0.05, 0) is 38.4 Å². The smallest absolute Gasteiger partial charge is 0.0724 e. The van der Waals surface area contributed by atoms with Crippen LogP contribution in [0.1, 0.15) is 30.2 Å². The minimum atomic E-state index is 0.829. The average Bonchev–Trinajstić information content (AvgIpc) is 2.78. The first kappa shape index (κ1) is 12.8. The minimum absolute atomic E-state index is 0.829. The highest BCUT2D eigenvalue weighted by Crippen LogP contribution is 2.15. The maximum absolute atomic E-state index is 4.38. The Hall–Kier alpha value is -1.68. The number of aromatic nitrogens is 3. The number of pyridine rings is 1. The normalized spacial score (nSPS) is 10.8. The summed E-state index contributed by atoms with van der Waals surface area (Å²) in [6.45, 7) is 8.06. The summed E-state index contributed by atoms with van der Waals surface area (Å²) in [5.41, 5.74) is 4.46. The molecule has 0 amide bonds. The fourth-order valence-electron chi connectivity index (χ4n) is 1.87. The molecule has 4 nitrogen and oxygen atoms in total. The van der Waals surface area contributed by atoms with Gasteiger partial charge in [0.25, 0.3) is 0 Å². The molecule has 0 aliphatic carbocycles. The highest BCUT2D eigenvalue weighted by molar-refractivity contribution is 5.40. The SMILES string of the molecule is CCCNCc1cnc(C)cc1-n1cc(C)cn1.